The summed E-state index contributed by atoms with van der Waals surface area (Å²) in [6.45, 7) is 1.11. The lowest BCUT2D eigenvalue weighted by molar-refractivity contribution is 0.119. The van der Waals surface area contributed by atoms with E-state index in [9.17, 15) is 14.5 Å². The number of carbonyl (C=O) groups is 1. The Balaban J connectivity index is 1.80. The van der Waals surface area contributed by atoms with Crippen LogP contribution in [0.2, 0.25) is 0 Å². The van der Waals surface area contributed by atoms with Crippen molar-refractivity contribution in [2.45, 2.75) is 30.5 Å². The SMILES string of the molecule is C[S+]([O-])c1nc2c(c(N3CCN(C(=O)O)C(CC#N)C3)n1)CCc1ccc(Br)cc1-2. The third-order valence-corrected chi connectivity index (χ3v) is 6.74. The zero-order valence-electron chi connectivity index (χ0n) is 16.3. The van der Waals surface area contributed by atoms with Crippen LogP contribution in [0.3, 0.4) is 0 Å². The van der Waals surface area contributed by atoms with Gasteiger partial charge < -0.3 is 19.5 Å². The first-order valence-corrected chi connectivity index (χ1v) is 11.9. The molecule has 4 rings (SSSR count). The highest BCUT2D eigenvalue weighted by Crippen LogP contribution is 2.38. The molecular formula is C20H20BrN5O3S. The predicted molar refractivity (Wildman–Crippen MR) is 116 cm³/mol. The molecule has 156 valence electrons. The Morgan fingerprint density at radius 1 is 1.40 bits per heavy atom. The molecule has 0 radical (unpaired) electrons. The molecule has 0 bridgehead atoms. The molecule has 0 saturated carbocycles. The number of fused-ring (bicyclic) bond motifs is 3. The van der Waals surface area contributed by atoms with E-state index in [0.29, 0.717) is 18.9 Å². The third kappa shape index (κ3) is 3.85. The second-order valence-electron chi connectivity index (χ2n) is 7.35. The Labute approximate surface area is 185 Å². The van der Waals surface area contributed by atoms with E-state index in [0.717, 1.165) is 34.1 Å². The molecule has 30 heavy (non-hydrogen) atoms. The highest BCUT2D eigenvalue weighted by atomic mass is 79.9. The van der Waals surface area contributed by atoms with Crippen LogP contribution < -0.4 is 4.90 Å². The Morgan fingerprint density at radius 3 is 2.90 bits per heavy atom. The van der Waals surface area contributed by atoms with Crippen molar-refractivity contribution in [3.8, 4) is 17.3 Å². The number of aryl methyl sites for hydroxylation is 1. The van der Waals surface area contributed by atoms with Gasteiger partial charge in [-0.15, -0.1) is 0 Å². The molecule has 1 aliphatic carbocycles. The van der Waals surface area contributed by atoms with E-state index in [1.807, 2.05) is 17.0 Å². The van der Waals surface area contributed by atoms with E-state index in [-0.39, 0.29) is 18.1 Å². The Morgan fingerprint density at radius 2 is 2.20 bits per heavy atom. The molecule has 1 saturated heterocycles. The fourth-order valence-electron chi connectivity index (χ4n) is 4.12. The molecule has 1 N–H and O–H groups in total. The fourth-order valence-corrected chi connectivity index (χ4v) is 4.92. The first-order valence-electron chi connectivity index (χ1n) is 9.53. The Hall–Kier alpha value is -2.35. The number of rotatable bonds is 3. The molecule has 1 fully saturated rings. The van der Waals surface area contributed by atoms with Gasteiger partial charge in [-0.1, -0.05) is 22.0 Å². The van der Waals surface area contributed by atoms with Gasteiger partial charge in [-0.3, -0.25) is 0 Å². The van der Waals surface area contributed by atoms with Crippen molar-refractivity contribution in [2.75, 3.05) is 30.8 Å². The lowest BCUT2D eigenvalue weighted by atomic mass is 9.89. The second-order valence-corrected chi connectivity index (χ2v) is 9.54. The molecule has 2 unspecified atom stereocenters. The number of amides is 1. The molecule has 1 amide bonds. The highest BCUT2D eigenvalue weighted by Gasteiger charge is 2.34. The number of carboxylic acid groups (broad SMARTS) is 1. The predicted octanol–water partition coefficient (Wildman–Crippen LogP) is 2.82. The van der Waals surface area contributed by atoms with Crippen LogP contribution in [0.1, 0.15) is 17.5 Å². The van der Waals surface area contributed by atoms with Gasteiger partial charge in [-0.25, -0.2) is 4.79 Å². The maximum atomic E-state index is 12.3. The molecule has 1 aliphatic heterocycles. The summed E-state index contributed by atoms with van der Waals surface area (Å²) < 4.78 is 13.2. The number of anilines is 1. The minimum absolute atomic E-state index is 0.110. The zero-order chi connectivity index (χ0) is 21.4. The molecular weight excluding hydrogens is 470 g/mol. The van der Waals surface area contributed by atoms with Crippen LogP contribution in [0.25, 0.3) is 11.3 Å². The first-order chi connectivity index (χ1) is 14.4. The first kappa shape index (κ1) is 20.9. The van der Waals surface area contributed by atoms with Crippen molar-refractivity contribution in [1.29, 1.82) is 5.26 Å². The molecule has 2 atom stereocenters. The van der Waals surface area contributed by atoms with Crippen LogP contribution >= 0.6 is 15.9 Å². The molecule has 1 aromatic carbocycles. The molecule has 1 aromatic heterocycles. The van der Waals surface area contributed by atoms with E-state index in [4.69, 9.17) is 5.26 Å². The summed E-state index contributed by atoms with van der Waals surface area (Å²) in [4.78, 5) is 24.1. The minimum atomic E-state index is -1.37. The monoisotopic (exact) mass is 489 g/mol. The summed E-state index contributed by atoms with van der Waals surface area (Å²) in [5.74, 6) is 0.698. The quantitative estimate of drug-likeness (QED) is 0.520. The number of nitrogens with zero attached hydrogens (tertiary/aromatic N) is 5. The van der Waals surface area contributed by atoms with Crippen molar-refractivity contribution in [3.05, 3.63) is 33.8 Å². The lowest BCUT2D eigenvalue weighted by Gasteiger charge is -2.40. The van der Waals surface area contributed by atoms with E-state index in [2.05, 4.69) is 38.0 Å². The van der Waals surface area contributed by atoms with Crippen LogP contribution in [0.5, 0.6) is 0 Å². The Kier molecular flexibility index (Phi) is 5.86. The Bertz CT molecular complexity index is 1040. The number of benzene rings is 1. The van der Waals surface area contributed by atoms with Crippen LogP contribution in [0, 0.1) is 11.3 Å². The normalized spacial score (nSPS) is 18.9. The van der Waals surface area contributed by atoms with Gasteiger partial charge in [0.25, 0.3) is 0 Å². The maximum Gasteiger partial charge on any atom is 0.407 e. The van der Waals surface area contributed by atoms with Gasteiger partial charge in [-0.2, -0.15) is 15.2 Å². The molecule has 2 aromatic rings. The summed E-state index contributed by atoms with van der Waals surface area (Å²) in [6, 6.07) is 7.74. The average molecular weight is 490 g/mol. The summed E-state index contributed by atoms with van der Waals surface area (Å²) in [5, 5.41) is 18.9. The van der Waals surface area contributed by atoms with Crippen molar-refractivity contribution in [2.24, 2.45) is 0 Å². The standard InChI is InChI=1S/C20H20BrN5O3S/c1-30(29)19-23-17-15(5-3-12-2-4-13(21)10-16(12)17)18(24-19)25-8-9-26(20(27)28)14(11-25)6-7-22/h2,4,10,14H,3,5-6,8-9,11H2,1H3,(H,27,28). The maximum absolute atomic E-state index is 12.3. The minimum Gasteiger partial charge on any atom is -0.609 e. The number of halogens is 1. The number of aromatic nitrogens is 2. The van der Waals surface area contributed by atoms with E-state index >= 15 is 0 Å². The van der Waals surface area contributed by atoms with Crippen LogP contribution in [-0.2, 0) is 24.0 Å². The van der Waals surface area contributed by atoms with Gasteiger partial charge in [-0.05, 0) is 30.5 Å². The molecule has 0 spiro atoms. The van der Waals surface area contributed by atoms with Crippen LogP contribution in [0.4, 0.5) is 10.6 Å². The van der Waals surface area contributed by atoms with E-state index in [1.54, 1.807) is 6.26 Å². The highest BCUT2D eigenvalue weighted by molar-refractivity contribution is 9.10. The molecule has 10 heteroatoms. The van der Waals surface area contributed by atoms with Crippen molar-refractivity contribution < 1.29 is 14.5 Å². The molecule has 8 nitrogen and oxygen atoms in total. The van der Waals surface area contributed by atoms with Crippen molar-refractivity contribution in [1.82, 2.24) is 14.9 Å². The summed E-state index contributed by atoms with van der Waals surface area (Å²) in [6.07, 6.45) is 2.23. The third-order valence-electron chi connectivity index (χ3n) is 5.55. The zero-order valence-corrected chi connectivity index (χ0v) is 18.7. The number of piperazine rings is 1. The number of nitriles is 1. The van der Waals surface area contributed by atoms with Crippen LogP contribution in [0.15, 0.2) is 27.8 Å². The summed E-state index contributed by atoms with van der Waals surface area (Å²) in [7, 11) is 0. The summed E-state index contributed by atoms with van der Waals surface area (Å²) >= 11 is 2.16. The van der Waals surface area contributed by atoms with Gasteiger partial charge in [0.15, 0.2) is 0 Å². The fraction of sp³-hybridized carbons (Fsp3) is 0.400. The van der Waals surface area contributed by atoms with Gasteiger partial charge in [0.2, 0.25) is 0 Å². The molecule has 2 aliphatic rings. The second kappa shape index (κ2) is 8.41. The van der Waals surface area contributed by atoms with Gasteiger partial charge >= 0.3 is 11.2 Å². The van der Waals surface area contributed by atoms with Crippen molar-refractivity contribution in [3.63, 3.8) is 0 Å². The smallest absolute Gasteiger partial charge is 0.407 e. The van der Waals surface area contributed by atoms with Gasteiger partial charge in [0, 0.05) is 46.4 Å². The van der Waals surface area contributed by atoms with Gasteiger partial charge in [0.1, 0.15) is 12.1 Å². The topological polar surface area (TPSA) is 116 Å². The molecule has 2 heterocycles. The lowest BCUT2D eigenvalue weighted by Crippen LogP contribution is -2.55. The van der Waals surface area contributed by atoms with E-state index < -0.39 is 23.3 Å². The van der Waals surface area contributed by atoms with E-state index in [1.165, 1.54) is 10.5 Å². The number of hydrogen-bond acceptors (Lipinski definition) is 6. The van der Waals surface area contributed by atoms with Gasteiger partial charge in [0.05, 0.1) is 24.2 Å². The largest absolute Gasteiger partial charge is 0.609 e. The van der Waals surface area contributed by atoms with Crippen LogP contribution in [-0.4, -0.2) is 62.6 Å². The van der Waals surface area contributed by atoms with Crippen molar-refractivity contribution >= 4 is 39.0 Å². The number of hydrogen-bond donors (Lipinski definition) is 1. The summed E-state index contributed by atoms with van der Waals surface area (Å²) in [5.41, 5.74) is 3.94. The average Bonchev–Trinajstić information content (AvgIpc) is 2.72.